The van der Waals surface area contributed by atoms with Gasteiger partial charge < -0.3 is 11.1 Å². The van der Waals surface area contributed by atoms with Crippen molar-refractivity contribution in [2.24, 2.45) is 10.7 Å². The smallest absolute Gasteiger partial charge is 0.187 e. The van der Waals surface area contributed by atoms with Crippen LogP contribution in [0.5, 0.6) is 0 Å². The maximum Gasteiger partial charge on any atom is 0.187 e. The van der Waals surface area contributed by atoms with E-state index in [0.29, 0.717) is 17.5 Å². The van der Waals surface area contributed by atoms with E-state index in [0.717, 1.165) is 13.1 Å². The molecule has 0 aromatic heterocycles. The Bertz CT molecular complexity index is 168. The van der Waals surface area contributed by atoms with Crippen LogP contribution in [0, 0.1) is 0 Å². The highest BCUT2D eigenvalue weighted by molar-refractivity contribution is 8.00. The van der Waals surface area contributed by atoms with Gasteiger partial charge in [-0.3, -0.25) is 9.20 Å². The van der Waals surface area contributed by atoms with Gasteiger partial charge in [0.05, 0.1) is 17.3 Å². The van der Waals surface area contributed by atoms with Gasteiger partial charge in [0.15, 0.2) is 5.17 Å². The van der Waals surface area contributed by atoms with Gasteiger partial charge in [-0.05, 0) is 0 Å². The van der Waals surface area contributed by atoms with E-state index in [4.69, 9.17) is 5.73 Å². The second-order valence-electron chi connectivity index (χ2n) is 1.95. The highest BCUT2D eigenvalue weighted by Crippen LogP contribution is 1.90. The fourth-order valence-electron chi connectivity index (χ4n) is 0.732. The molecule has 1 aliphatic rings. The first kappa shape index (κ1) is 7.68. The van der Waals surface area contributed by atoms with Crippen molar-refractivity contribution in [3.05, 3.63) is 0 Å². The van der Waals surface area contributed by atoms with Crippen molar-refractivity contribution in [3.8, 4) is 0 Å². The first-order valence-corrected chi connectivity index (χ1v) is 4.53. The molecule has 0 amide bonds. The van der Waals surface area contributed by atoms with E-state index in [2.05, 4.69) is 10.3 Å². The van der Waals surface area contributed by atoms with Crippen molar-refractivity contribution in [3.63, 3.8) is 0 Å². The van der Waals surface area contributed by atoms with E-state index in [1.807, 2.05) is 0 Å². The first-order chi connectivity index (χ1) is 4.84. The highest BCUT2D eigenvalue weighted by atomic mass is 32.2. The second kappa shape index (κ2) is 3.68. The SMILES string of the molecule is NCCS(=O)C1=NCCN1. The van der Waals surface area contributed by atoms with Crippen LogP contribution in [-0.2, 0) is 10.8 Å². The highest BCUT2D eigenvalue weighted by Gasteiger charge is 2.10. The van der Waals surface area contributed by atoms with Gasteiger partial charge in [0, 0.05) is 18.8 Å². The summed E-state index contributed by atoms with van der Waals surface area (Å²) in [6, 6.07) is 0. The Morgan fingerprint density at radius 3 is 3.10 bits per heavy atom. The van der Waals surface area contributed by atoms with Crippen LogP contribution in [-0.4, -0.2) is 34.8 Å². The van der Waals surface area contributed by atoms with Gasteiger partial charge in [0.25, 0.3) is 0 Å². The second-order valence-corrected chi connectivity index (χ2v) is 3.44. The van der Waals surface area contributed by atoms with Crippen LogP contribution < -0.4 is 11.1 Å². The number of aliphatic imine (C=N–C) groups is 1. The lowest BCUT2D eigenvalue weighted by Crippen LogP contribution is -2.26. The van der Waals surface area contributed by atoms with Crippen LogP contribution in [0.25, 0.3) is 0 Å². The van der Waals surface area contributed by atoms with E-state index in [1.54, 1.807) is 0 Å². The van der Waals surface area contributed by atoms with Gasteiger partial charge in [0.1, 0.15) is 0 Å². The molecule has 4 nitrogen and oxygen atoms in total. The summed E-state index contributed by atoms with van der Waals surface area (Å²) in [5, 5.41) is 3.55. The summed E-state index contributed by atoms with van der Waals surface area (Å²) in [6.45, 7) is 2.00. The van der Waals surface area contributed by atoms with Crippen LogP contribution in [0.1, 0.15) is 0 Å². The number of hydrogen-bond donors (Lipinski definition) is 2. The molecule has 1 unspecified atom stereocenters. The number of amidine groups is 1. The van der Waals surface area contributed by atoms with E-state index < -0.39 is 10.8 Å². The zero-order valence-electron chi connectivity index (χ0n) is 5.67. The Morgan fingerprint density at radius 1 is 1.80 bits per heavy atom. The van der Waals surface area contributed by atoms with Crippen molar-refractivity contribution in [1.82, 2.24) is 5.32 Å². The molecule has 0 fully saturated rings. The molecule has 0 saturated carbocycles. The number of hydrogen-bond acceptors (Lipinski definition) is 4. The summed E-state index contributed by atoms with van der Waals surface area (Å²) in [4.78, 5) is 4.00. The summed E-state index contributed by atoms with van der Waals surface area (Å²) in [6.07, 6.45) is 0. The van der Waals surface area contributed by atoms with E-state index >= 15 is 0 Å². The summed E-state index contributed by atoms with van der Waals surface area (Å²) in [7, 11) is -0.981. The number of nitrogens with one attached hydrogen (secondary N) is 1. The zero-order chi connectivity index (χ0) is 7.40. The number of nitrogens with zero attached hydrogens (tertiary/aromatic N) is 1. The minimum atomic E-state index is -0.981. The molecule has 1 aliphatic heterocycles. The Kier molecular flexibility index (Phi) is 2.82. The van der Waals surface area contributed by atoms with Gasteiger partial charge in [-0.2, -0.15) is 0 Å². The van der Waals surface area contributed by atoms with Gasteiger partial charge in [0.2, 0.25) is 0 Å². The van der Waals surface area contributed by atoms with Crippen molar-refractivity contribution in [2.45, 2.75) is 0 Å². The molecule has 10 heavy (non-hydrogen) atoms. The fraction of sp³-hybridized carbons (Fsp3) is 0.800. The molecule has 1 heterocycles. The molecule has 58 valence electrons. The molecule has 3 N–H and O–H groups in total. The fourth-order valence-corrected chi connectivity index (χ4v) is 1.64. The van der Waals surface area contributed by atoms with E-state index in [9.17, 15) is 4.21 Å². The largest absolute Gasteiger partial charge is 0.361 e. The molecule has 5 heteroatoms. The lowest BCUT2D eigenvalue weighted by atomic mass is 10.7. The van der Waals surface area contributed by atoms with Crippen molar-refractivity contribution < 1.29 is 4.21 Å². The molecule has 0 aromatic carbocycles. The van der Waals surface area contributed by atoms with Crippen LogP contribution in [0.2, 0.25) is 0 Å². The first-order valence-electron chi connectivity index (χ1n) is 3.21. The quantitative estimate of drug-likeness (QED) is 0.526. The van der Waals surface area contributed by atoms with E-state index in [-0.39, 0.29) is 0 Å². The lowest BCUT2D eigenvalue weighted by Gasteiger charge is -1.98. The van der Waals surface area contributed by atoms with Crippen LogP contribution in [0.3, 0.4) is 0 Å². The summed E-state index contributed by atoms with van der Waals surface area (Å²) >= 11 is 0. The molecular formula is C5H11N3OS. The molecule has 0 bridgehead atoms. The molecule has 0 saturated heterocycles. The summed E-state index contributed by atoms with van der Waals surface area (Å²) in [5.41, 5.74) is 5.22. The average molecular weight is 161 g/mol. The third-order valence-electron chi connectivity index (χ3n) is 1.16. The number of nitrogens with two attached hydrogens (primary N) is 1. The molecule has 0 aromatic rings. The Hall–Kier alpha value is -0.420. The van der Waals surface area contributed by atoms with Crippen molar-refractivity contribution in [1.29, 1.82) is 0 Å². The standard InChI is InChI=1S/C5H11N3OS/c6-1-4-10(9)5-7-2-3-8-5/h1-4,6H2,(H,7,8). The normalized spacial score (nSPS) is 19.9. The van der Waals surface area contributed by atoms with Crippen molar-refractivity contribution in [2.75, 3.05) is 25.4 Å². The van der Waals surface area contributed by atoms with Gasteiger partial charge >= 0.3 is 0 Å². The summed E-state index contributed by atoms with van der Waals surface area (Å²) < 4.78 is 11.1. The van der Waals surface area contributed by atoms with Crippen LogP contribution >= 0.6 is 0 Å². The molecular weight excluding hydrogens is 150 g/mol. The minimum absolute atomic E-state index is 0.452. The third kappa shape index (κ3) is 1.78. The topological polar surface area (TPSA) is 67.5 Å². The Labute approximate surface area is 62.4 Å². The maximum atomic E-state index is 11.1. The average Bonchev–Trinajstić information content (AvgIpc) is 2.38. The monoisotopic (exact) mass is 161 g/mol. The minimum Gasteiger partial charge on any atom is -0.361 e. The van der Waals surface area contributed by atoms with Crippen molar-refractivity contribution >= 4 is 16.0 Å². The van der Waals surface area contributed by atoms with Crippen LogP contribution in [0.15, 0.2) is 4.99 Å². The zero-order valence-corrected chi connectivity index (χ0v) is 6.49. The summed E-state index contributed by atoms with van der Waals surface area (Å²) in [5.74, 6) is 0.506. The van der Waals surface area contributed by atoms with E-state index in [1.165, 1.54) is 0 Å². The molecule has 1 atom stereocenters. The predicted octanol–water partition coefficient (Wildman–Crippen LogP) is -1.35. The maximum absolute atomic E-state index is 11.1. The molecule has 0 spiro atoms. The molecule has 0 aliphatic carbocycles. The predicted molar refractivity (Wildman–Crippen MR) is 42.4 cm³/mol. The molecule has 0 radical (unpaired) electrons. The molecule has 1 rings (SSSR count). The van der Waals surface area contributed by atoms with Gasteiger partial charge in [-0.15, -0.1) is 0 Å². The third-order valence-corrected chi connectivity index (χ3v) is 2.47. The lowest BCUT2D eigenvalue weighted by molar-refractivity contribution is 0.688. The van der Waals surface area contributed by atoms with Crippen LogP contribution in [0.4, 0.5) is 0 Å². The van der Waals surface area contributed by atoms with Gasteiger partial charge in [-0.1, -0.05) is 0 Å². The van der Waals surface area contributed by atoms with Gasteiger partial charge in [-0.25, -0.2) is 0 Å². The number of rotatable bonds is 2. The Balaban J connectivity index is 2.40. The Morgan fingerprint density at radius 2 is 2.60 bits per heavy atom.